The number of oxazole rings is 1. The van der Waals surface area contributed by atoms with Gasteiger partial charge in [-0.15, -0.1) is 0 Å². The Kier molecular flexibility index (Phi) is 8.06. The van der Waals surface area contributed by atoms with Crippen LogP contribution in [0.1, 0.15) is 43.7 Å². The Morgan fingerprint density at radius 2 is 1.95 bits per heavy atom. The molecule has 2 aromatic carbocycles. The number of carboxylic acid groups (broad SMARTS) is 1. The molecule has 0 bridgehead atoms. The summed E-state index contributed by atoms with van der Waals surface area (Å²) in [5.41, 5.74) is 1.59. The van der Waals surface area contributed by atoms with Crippen molar-refractivity contribution in [2.24, 2.45) is 5.92 Å². The Balaban J connectivity index is 1.36. The van der Waals surface area contributed by atoms with Crippen LogP contribution in [0.15, 0.2) is 34.7 Å². The number of aryl methyl sites for hydroxylation is 1. The fourth-order valence-electron chi connectivity index (χ4n) is 4.43. The average molecular weight is 516 g/mol. The highest BCUT2D eigenvalue weighted by Gasteiger charge is 2.27. The van der Waals surface area contributed by atoms with E-state index >= 15 is 4.39 Å². The molecule has 0 saturated heterocycles. The minimum atomic E-state index is -0.762. The molecule has 0 spiro atoms. The van der Waals surface area contributed by atoms with Gasteiger partial charge in [-0.3, -0.25) is 9.59 Å². The first-order valence-corrected chi connectivity index (χ1v) is 12.3. The Morgan fingerprint density at radius 3 is 2.65 bits per heavy atom. The number of aliphatic carboxylic acids is 1. The van der Waals surface area contributed by atoms with Crippen molar-refractivity contribution in [3.8, 4) is 0 Å². The molecule has 1 fully saturated rings. The van der Waals surface area contributed by atoms with E-state index in [9.17, 15) is 14.0 Å². The molecular weight excluding hydrogens is 484 g/mol. The normalized spacial score (nSPS) is 18.5. The van der Waals surface area contributed by atoms with Gasteiger partial charge in [0.1, 0.15) is 11.3 Å². The SMILES string of the molecule is Cc1ccc(F)cc1Nc1nc2ccc(CC(=O)N(C)[C@@H](C)COC3CCC(C(=O)O)CC3)c(F)c2o1. The maximum atomic E-state index is 15.2. The van der Waals surface area contributed by atoms with E-state index < -0.39 is 17.6 Å². The maximum Gasteiger partial charge on any atom is 0.306 e. The number of hydrogen-bond acceptors (Lipinski definition) is 6. The number of amides is 1. The molecule has 0 radical (unpaired) electrons. The summed E-state index contributed by atoms with van der Waals surface area (Å²) in [5, 5.41) is 12.0. The maximum absolute atomic E-state index is 15.2. The van der Waals surface area contributed by atoms with Crippen molar-refractivity contribution < 1.29 is 32.6 Å². The Hall–Kier alpha value is -3.53. The standard InChI is InChI=1S/C27H31F2N3O5/c1-15-4-8-19(28)13-22(15)31-27-30-21-11-7-18(24(29)25(21)37-27)12-23(33)32(3)16(2)14-36-20-9-5-17(6-10-20)26(34)35/h4,7-8,11,13,16-17,20H,5-6,9-10,12,14H2,1-3H3,(H,30,31)(H,34,35)/t16-,17?,20?/m0/s1. The molecule has 0 aliphatic heterocycles. The van der Waals surface area contributed by atoms with Crippen LogP contribution in [0.25, 0.3) is 11.1 Å². The highest BCUT2D eigenvalue weighted by molar-refractivity contribution is 5.82. The third kappa shape index (κ3) is 6.25. The molecule has 4 rings (SSSR count). The van der Waals surface area contributed by atoms with E-state index in [1.807, 2.05) is 6.92 Å². The number of hydrogen-bond donors (Lipinski definition) is 2. The Bertz CT molecular complexity index is 1290. The quantitative estimate of drug-likeness (QED) is 0.403. The van der Waals surface area contributed by atoms with E-state index in [1.165, 1.54) is 23.1 Å². The van der Waals surface area contributed by atoms with Gasteiger partial charge in [0.2, 0.25) is 5.91 Å². The van der Waals surface area contributed by atoms with Gasteiger partial charge in [0.15, 0.2) is 11.4 Å². The lowest BCUT2D eigenvalue weighted by atomic mass is 9.87. The molecule has 1 aliphatic rings. The topological polar surface area (TPSA) is 105 Å². The Morgan fingerprint density at radius 1 is 1.22 bits per heavy atom. The van der Waals surface area contributed by atoms with Crippen LogP contribution in [-0.2, 0) is 20.7 Å². The van der Waals surface area contributed by atoms with Crippen LogP contribution >= 0.6 is 0 Å². The van der Waals surface area contributed by atoms with Crippen molar-refractivity contribution in [2.75, 3.05) is 19.0 Å². The number of ether oxygens (including phenoxy) is 1. The molecule has 2 N–H and O–H groups in total. The largest absolute Gasteiger partial charge is 0.481 e. The highest BCUT2D eigenvalue weighted by Crippen LogP contribution is 2.29. The number of anilines is 2. The molecule has 198 valence electrons. The number of fused-ring (bicyclic) bond motifs is 1. The zero-order valence-electron chi connectivity index (χ0n) is 21.1. The van der Waals surface area contributed by atoms with Crippen LogP contribution in [0.5, 0.6) is 0 Å². The average Bonchev–Trinajstić information content (AvgIpc) is 3.29. The van der Waals surface area contributed by atoms with Gasteiger partial charge in [-0.25, -0.2) is 8.78 Å². The number of rotatable bonds is 9. The minimum Gasteiger partial charge on any atom is -0.481 e. The molecular formula is C27H31F2N3O5. The first-order valence-electron chi connectivity index (χ1n) is 12.3. The minimum absolute atomic E-state index is 0.0198. The van der Waals surface area contributed by atoms with Crippen LogP contribution in [-0.4, -0.2) is 52.7 Å². The molecule has 8 nitrogen and oxygen atoms in total. The molecule has 3 aromatic rings. The Labute approximate surface area is 213 Å². The predicted octanol–water partition coefficient (Wildman–Crippen LogP) is 5.21. The predicted molar refractivity (Wildman–Crippen MR) is 134 cm³/mol. The van der Waals surface area contributed by atoms with Gasteiger partial charge in [0.25, 0.3) is 6.01 Å². The third-order valence-electron chi connectivity index (χ3n) is 7.01. The van der Waals surface area contributed by atoms with E-state index in [4.69, 9.17) is 14.3 Å². The summed E-state index contributed by atoms with van der Waals surface area (Å²) in [6, 6.07) is 7.10. The smallest absolute Gasteiger partial charge is 0.306 e. The van der Waals surface area contributed by atoms with E-state index in [1.54, 1.807) is 26.1 Å². The monoisotopic (exact) mass is 515 g/mol. The van der Waals surface area contributed by atoms with Crippen LogP contribution in [0, 0.1) is 24.5 Å². The number of benzene rings is 2. The zero-order chi connectivity index (χ0) is 26.7. The number of likely N-dealkylation sites (N-methyl/N-ethyl adjacent to an activating group) is 1. The van der Waals surface area contributed by atoms with E-state index in [-0.39, 0.29) is 53.1 Å². The van der Waals surface area contributed by atoms with Gasteiger partial charge in [-0.2, -0.15) is 4.98 Å². The van der Waals surface area contributed by atoms with E-state index in [2.05, 4.69) is 10.3 Å². The second-order valence-corrected chi connectivity index (χ2v) is 9.67. The number of carboxylic acids is 1. The second kappa shape index (κ2) is 11.2. The third-order valence-corrected chi connectivity index (χ3v) is 7.01. The molecule has 37 heavy (non-hydrogen) atoms. The number of nitrogens with one attached hydrogen (secondary N) is 1. The van der Waals surface area contributed by atoms with Crippen LogP contribution in [0.4, 0.5) is 20.5 Å². The molecule has 1 atom stereocenters. The lowest BCUT2D eigenvalue weighted by Crippen LogP contribution is -2.40. The van der Waals surface area contributed by atoms with E-state index in [0.29, 0.717) is 38.0 Å². The molecule has 0 unspecified atom stereocenters. The van der Waals surface area contributed by atoms with Crippen LogP contribution in [0.2, 0.25) is 0 Å². The zero-order valence-corrected chi connectivity index (χ0v) is 21.1. The summed E-state index contributed by atoms with van der Waals surface area (Å²) in [7, 11) is 1.64. The summed E-state index contributed by atoms with van der Waals surface area (Å²) in [5.74, 6) is -2.45. The van der Waals surface area contributed by atoms with Crippen molar-refractivity contribution in [2.45, 2.75) is 58.1 Å². The van der Waals surface area contributed by atoms with Gasteiger partial charge in [0.05, 0.1) is 31.1 Å². The lowest BCUT2D eigenvalue weighted by molar-refractivity contribution is -0.144. The molecule has 1 saturated carbocycles. The number of aromatic nitrogens is 1. The van der Waals surface area contributed by atoms with Crippen molar-refractivity contribution in [3.63, 3.8) is 0 Å². The van der Waals surface area contributed by atoms with Crippen molar-refractivity contribution in [1.82, 2.24) is 9.88 Å². The summed E-state index contributed by atoms with van der Waals surface area (Å²) in [6.45, 7) is 3.95. The highest BCUT2D eigenvalue weighted by atomic mass is 19.1. The first-order chi connectivity index (χ1) is 17.6. The molecule has 10 heteroatoms. The van der Waals surface area contributed by atoms with Gasteiger partial charge >= 0.3 is 5.97 Å². The number of carbonyl (C=O) groups excluding carboxylic acids is 1. The number of nitrogens with zero attached hydrogens (tertiary/aromatic N) is 2. The summed E-state index contributed by atoms with van der Waals surface area (Å²) < 4.78 is 40.3. The van der Waals surface area contributed by atoms with Crippen LogP contribution in [0.3, 0.4) is 0 Å². The van der Waals surface area contributed by atoms with Crippen LogP contribution < -0.4 is 5.32 Å². The number of halogens is 2. The molecule has 1 aromatic heterocycles. The summed E-state index contributed by atoms with van der Waals surface area (Å²) in [4.78, 5) is 29.7. The fourth-order valence-corrected chi connectivity index (χ4v) is 4.43. The van der Waals surface area contributed by atoms with E-state index in [0.717, 1.165) is 5.56 Å². The first kappa shape index (κ1) is 26.5. The molecule has 1 heterocycles. The van der Waals surface area contributed by atoms with Crippen molar-refractivity contribution in [1.29, 1.82) is 0 Å². The van der Waals surface area contributed by atoms with Gasteiger partial charge in [0, 0.05) is 18.3 Å². The lowest BCUT2D eigenvalue weighted by Gasteiger charge is -2.30. The van der Waals surface area contributed by atoms with Gasteiger partial charge in [-0.05, 0) is 63.3 Å². The van der Waals surface area contributed by atoms with Gasteiger partial charge in [-0.1, -0.05) is 12.1 Å². The molecule has 1 aliphatic carbocycles. The second-order valence-electron chi connectivity index (χ2n) is 9.67. The van der Waals surface area contributed by atoms with Crippen molar-refractivity contribution in [3.05, 3.63) is 53.1 Å². The summed E-state index contributed by atoms with van der Waals surface area (Å²) >= 11 is 0. The number of carbonyl (C=O) groups is 2. The van der Waals surface area contributed by atoms with Gasteiger partial charge < -0.3 is 24.5 Å². The van der Waals surface area contributed by atoms with Crippen molar-refractivity contribution >= 4 is 34.7 Å². The molecule has 1 amide bonds. The summed E-state index contributed by atoms with van der Waals surface area (Å²) in [6.07, 6.45) is 2.35. The fraction of sp³-hybridized carbons (Fsp3) is 0.444.